The molecule has 0 aliphatic heterocycles. The smallest absolute Gasteiger partial charge is 0.173 e. The van der Waals surface area contributed by atoms with Gasteiger partial charge in [-0.2, -0.15) is 0 Å². The third-order valence-electron chi connectivity index (χ3n) is 2.93. The van der Waals surface area contributed by atoms with Crippen molar-refractivity contribution in [3.8, 4) is 0 Å². The first-order valence-electron chi connectivity index (χ1n) is 6.02. The van der Waals surface area contributed by atoms with Crippen LogP contribution in [0.25, 0.3) is 0 Å². The maximum Gasteiger partial charge on any atom is 0.173 e. The van der Waals surface area contributed by atoms with Gasteiger partial charge in [-0.05, 0) is 46.6 Å². The maximum absolute atomic E-state index is 13.5. The molecule has 0 saturated heterocycles. The third-order valence-corrected chi connectivity index (χ3v) is 4.00. The Balaban J connectivity index is 2.27. The molecule has 0 fully saturated rings. The average molecular weight is 347 g/mol. The molecular weight excluding hydrogens is 333 g/mol. The monoisotopic (exact) mass is 345 g/mol. The van der Waals surface area contributed by atoms with Crippen LogP contribution in [0.4, 0.5) is 4.39 Å². The Morgan fingerprint density at radius 2 is 2.21 bits per heavy atom. The Morgan fingerprint density at radius 3 is 2.84 bits per heavy atom. The van der Waals surface area contributed by atoms with Gasteiger partial charge in [-0.1, -0.05) is 30.7 Å². The van der Waals surface area contributed by atoms with Crippen LogP contribution in [0.2, 0.25) is 5.02 Å². The molecule has 0 aliphatic rings. The lowest BCUT2D eigenvalue weighted by molar-refractivity contribution is 0.506. The van der Waals surface area contributed by atoms with Crippen LogP contribution in [0.1, 0.15) is 24.1 Å². The van der Waals surface area contributed by atoms with Gasteiger partial charge in [-0.3, -0.25) is 0 Å². The molecule has 2 aromatic rings. The highest BCUT2D eigenvalue weighted by atomic mass is 79.9. The normalized spacial score (nSPS) is 12.6. The fraction of sp³-hybridized carbons (Fsp3) is 0.286. The Kier molecular flexibility index (Phi) is 5.02. The summed E-state index contributed by atoms with van der Waals surface area (Å²) in [5, 5.41) is 3.54. The fourth-order valence-corrected chi connectivity index (χ4v) is 2.74. The van der Waals surface area contributed by atoms with Crippen LogP contribution in [0.5, 0.6) is 0 Å². The molecule has 0 aliphatic carbocycles. The summed E-state index contributed by atoms with van der Waals surface area (Å²) in [4.78, 5) is 0. The van der Waals surface area contributed by atoms with Crippen molar-refractivity contribution in [2.24, 2.45) is 0 Å². The molecule has 1 unspecified atom stereocenters. The van der Waals surface area contributed by atoms with E-state index in [1.54, 1.807) is 12.3 Å². The molecule has 2 rings (SSSR count). The van der Waals surface area contributed by atoms with E-state index < -0.39 is 0 Å². The van der Waals surface area contributed by atoms with E-state index in [9.17, 15) is 4.39 Å². The summed E-state index contributed by atoms with van der Waals surface area (Å²) in [6.45, 7) is 2.82. The molecule has 1 aromatic heterocycles. The Hall–Kier alpha value is -0.840. The molecule has 1 N–H and O–H groups in total. The molecule has 1 aromatic carbocycles. The van der Waals surface area contributed by atoms with Gasteiger partial charge in [0.25, 0.3) is 0 Å². The van der Waals surface area contributed by atoms with E-state index in [2.05, 4.69) is 21.2 Å². The Morgan fingerprint density at radius 1 is 1.42 bits per heavy atom. The zero-order valence-electron chi connectivity index (χ0n) is 10.4. The van der Waals surface area contributed by atoms with Gasteiger partial charge in [0.05, 0.1) is 11.3 Å². The molecule has 0 spiro atoms. The van der Waals surface area contributed by atoms with E-state index in [0.717, 1.165) is 17.7 Å². The van der Waals surface area contributed by atoms with E-state index in [1.807, 2.05) is 19.1 Å². The number of nitrogens with one attached hydrogen (secondary N) is 1. The van der Waals surface area contributed by atoms with Crippen molar-refractivity contribution < 1.29 is 8.81 Å². The minimum atomic E-state index is -0.388. The second-order valence-electron chi connectivity index (χ2n) is 4.18. The molecule has 0 radical (unpaired) electrons. The summed E-state index contributed by atoms with van der Waals surface area (Å²) in [5.41, 5.74) is 1.78. The van der Waals surface area contributed by atoms with E-state index in [4.69, 9.17) is 16.0 Å². The molecule has 1 heterocycles. The number of likely N-dealkylation sites (N-methyl/N-ethyl adjacent to an activating group) is 1. The van der Waals surface area contributed by atoms with Crippen molar-refractivity contribution in [3.05, 3.63) is 57.2 Å². The highest BCUT2D eigenvalue weighted by Crippen LogP contribution is 2.30. The van der Waals surface area contributed by atoms with Gasteiger partial charge in [0.15, 0.2) is 4.67 Å². The largest absolute Gasteiger partial charge is 0.457 e. The van der Waals surface area contributed by atoms with Crippen LogP contribution < -0.4 is 5.32 Å². The van der Waals surface area contributed by atoms with Crippen LogP contribution in [-0.4, -0.2) is 6.54 Å². The summed E-state index contributed by atoms with van der Waals surface area (Å²) < 4.78 is 19.4. The number of furan rings is 1. The molecular formula is C14H14BrClFNO. The van der Waals surface area contributed by atoms with Crippen LogP contribution in [0.3, 0.4) is 0 Å². The number of hydrogen-bond acceptors (Lipinski definition) is 2. The zero-order valence-corrected chi connectivity index (χ0v) is 12.8. The first-order chi connectivity index (χ1) is 9.13. The van der Waals surface area contributed by atoms with E-state index in [0.29, 0.717) is 11.1 Å². The van der Waals surface area contributed by atoms with Gasteiger partial charge in [0.2, 0.25) is 0 Å². The van der Waals surface area contributed by atoms with Crippen molar-refractivity contribution in [2.45, 2.75) is 19.4 Å². The van der Waals surface area contributed by atoms with Crippen molar-refractivity contribution in [2.75, 3.05) is 6.54 Å². The van der Waals surface area contributed by atoms with E-state index in [-0.39, 0.29) is 16.9 Å². The second kappa shape index (κ2) is 6.55. The summed E-state index contributed by atoms with van der Waals surface area (Å²) in [5.74, 6) is -0.388. The van der Waals surface area contributed by atoms with Crippen LogP contribution in [0, 0.1) is 5.82 Å². The molecule has 0 bridgehead atoms. The molecule has 2 nitrogen and oxygen atoms in total. The molecule has 0 amide bonds. The van der Waals surface area contributed by atoms with Crippen molar-refractivity contribution >= 4 is 27.5 Å². The first kappa shape index (κ1) is 14.6. The predicted octanol–water partition coefficient (Wildman–Crippen LogP) is 4.73. The van der Waals surface area contributed by atoms with Crippen LogP contribution >= 0.6 is 27.5 Å². The topological polar surface area (TPSA) is 25.2 Å². The van der Waals surface area contributed by atoms with Crippen molar-refractivity contribution in [1.82, 2.24) is 5.32 Å². The van der Waals surface area contributed by atoms with E-state index >= 15 is 0 Å². The standard InChI is InChI=1S/C14H14BrClFNO/c1-2-18-12(10-6-7-19-14(10)15)8-9-4-3-5-11(17)13(9)16/h3-7,12,18H,2,8H2,1H3. The number of halogens is 3. The SMILES string of the molecule is CCNC(Cc1cccc(F)c1Cl)c1ccoc1Br. The van der Waals surface area contributed by atoms with Gasteiger partial charge in [-0.25, -0.2) is 4.39 Å². The van der Waals surface area contributed by atoms with Gasteiger partial charge in [0.1, 0.15) is 5.82 Å². The zero-order chi connectivity index (χ0) is 13.8. The molecule has 5 heteroatoms. The average Bonchev–Trinajstić information content (AvgIpc) is 2.80. The molecule has 19 heavy (non-hydrogen) atoms. The first-order valence-corrected chi connectivity index (χ1v) is 7.19. The number of hydrogen-bond donors (Lipinski definition) is 1. The minimum absolute atomic E-state index is 0.0254. The Labute approximate surface area is 125 Å². The summed E-state index contributed by atoms with van der Waals surface area (Å²) in [7, 11) is 0. The van der Waals surface area contributed by atoms with E-state index in [1.165, 1.54) is 6.07 Å². The van der Waals surface area contributed by atoms with Gasteiger partial charge in [0, 0.05) is 11.6 Å². The quantitative estimate of drug-likeness (QED) is 0.847. The predicted molar refractivity (Wildman–Crippen MR) is 77.9 cm³/mol. The fourth-order valence-electron chi connectivity index (χ4n) is 2.02. The Bertz CT molecular complexity index is 558. The molecule has 102 valence electrons. The van der Waals surface area contributed by atoms with Crippen molar-refractivity contribution in [3.63, 3.8) is 0 Å². The van der Waals surface area contributed by atoms with Crippen LogP contribution in [-0.2, 0) is 6.42 Å². The summed E-state index contributed by atoms with van der Waals surface area (Å²) >= 11 is 9.37. The van der Waals surface area contributed by atoms with Crippen molar-refractivity contribution in [1.29, 1.82) is 0 Å². The summed E-state index contributed by atoms with van der Waals surface area (Å²) in [6, 6.07) is 6.79. The molecule has 1 atom stereocenters. The van der Waals surface area contributed by atoms with Crippen LogP contribution in [0.15, 0.2) is 39.6 Å². The van der Waals surface area contributed by atoms with Gasteiger partial charge < -0.3 is 9.73 Å². The third kappa shape index (κ3) is 3.38. The summed E-state index contributed by atoms with van der Waals surface area (Å²) in [6.07, 6.45) is 2.22. The van der Waals surface area contributed by atoms with Gasteiger partial charge in [-0.15, -0.1) is 0 Å². The second-order valence-corrected chi connectivity index (χ2v) is 5.28. The van der Waals surface area contributed by atoms with Gasteiger partial charge >= 0.3 is 0 Å². The molecule has 0 saturated carbocycles. The lowest BCUT2D eigenvalue weighted by Gasteiger charge is -2.18. The highest BCUT2D eigenvalue weighted by Gasteiger charge is 2.18. The number of benzene rings is 1. The lowest BCUT2D eigenvalue weighted by atomic mass is 10.0. The minimum Gasteiger partial charge on any atom is -0.457 e. The number of rotatable bonds is 5. The maximum atomic E-state index is 13.5. The highest BCUT2D eigenvalue weighted by molar-refractivity contribution is 9.10. The lowest BCUT2D eigenvalue weighted by Crippen LogP contribution is -2.23.